The number of fused-ring (bicyclic) bond motifs is 1. The summed E-state index contributed by atoms with van der Waals surface area (Å²) >= 11 is 6.00. The van der Waals surface area contributed by atoms with Gasteiger partial charge in [-0.25, -0.2) is 4.39 Å². The van der Waals surface area contributed by atoms with Gasteiger partial charge in [0, 0.05) is 56.1 Å². The molecule has 0 atom stereocenters. The molecule has 1 aliphatic heterocycles. The Labute approximate surface area is 209 Å². The average molecular weight is 490 g/mol. The van der Waals surface area contributed by atoms with E-state index in [0.717, 1.165) is 67.0 Å². The average Bonchev–Trinajstić information content (AvgIpc) is 2.87. The van der Waals surface area contributed by atoms with Gasteiger partial charge in [-0.15, -0.1) is 0 Å². The van der Waals surface area contributed by atoms with Crippen LogP contribution in [0.2, 0.25) is 5.02 Å². The highest BCUT2D eigenvalue weighted by molar-refractivity contribution is 6.32. The highest BCUT2D eigenvalue weighted by Crippen LogP contribution is 2.35. The van der Waals surface area contributed by atoms with Crippen LogP contribution in [0.1, 0.15) is 5.56 Å². The maximum Gasteiger partial charge on any atom is 0.170 e. The topological polar surface area (TPSA) is 51.6 Å². The Bertz CT molecular complexity index is 1330. The second-order valence-electron chi connectivity index (χ2n) is 9.02. The van der Waals surface area contributed by atoms with E-state index < -0.39 is 11.6 Å². The third-order valence-corrected chi connectivity index (χ3v) is 6.83. The molecule has 1 aromatic heterocycles. The molecule has 0 spiro atoms. The van der Waals surface area contributed by atoms with E-state index in [0.29, 0.717) is 5.56 Å². The number of anilines is 2. The molecule has 7 heteroatoms. The molecule has 2 heterocycles. The van der Waals surface area contributed by atoms with Gasteiger partial charge >= 0.3 is 0 Å². The predicted octanol–water partition coefficient (Wildman–Crippen LogP) is 5.73. The largest absolute Gasteiger partial charge is 0.504 e. The Hall–Kier alpha value is -3.19. The van der Waals surface area contributed by atoms with E-state index in [1.807, 2.05) is 24.3 Å². The van der Waals surface area contributed by atoms with Crippen molar-refractivity contribution in [3.05, 3.63) is 83.3 Å². The van der Waals surface area contributed by atoms with Gasteiger partial charge < -0.3 is 20.2 Å². The van der Waals surface area contributed by atoms with Crippen LogP contribution in [0.4, 0.5) is 15.8 Å². The number of phenolic OH excluding ortho intramolecular Hbond substituents is 1. The van der Waals surface area contributed by atoms with Crippen LogP contribution in [0.5, 0.6) is 5.75 Å². The van der Waals surface area contributed by atoms with Gasteiger partial charge in [-0.05, 0) is 66.6 Å². The Balaban J connectivity index is 1.37. The number of halogens is 2. The van der Waals surface area contributed by atoms with Crippen molar-refractivity contribution in [2.24, 2.45) is 0 Å². The Kier molecular flexibility index (Phi) is 6.86. The summed E-state index contributed by atoms with van der Waals surface area (Å²) in [5.41, 5.74) is 5.19. The normalized spacial score (nSPS) is 14.9. The smallest absolute Gasteiger partial charge is 0.170 e. The van der Waals surface area contributed by atoms with Gasteiger partial charge in [0.2, 0.25) is 0 Å². The molecule has 4 aromatic rings. The summed E-state index contributed by atoms with van der Waals surface area (Å²) in [5.74, 6) is -1.29. The van der Waals surface area contributed by atoms with Crippen LogP contribution in [0.3, 0.4) is 0 Å². The number of likely N-dealkylation sites (N-methyl/N-ethyl adjacent to an activating group) is 1. The first kappa shape index (κ1) is 23.5. The lowest BCUT2D eigenvalue weighted by Gasteiger charge is -2.32. The first-order chi connectivity index (χ1) is 17.0. The maximum absolute atomic E-state index is 14.1. The maximum atomic E-state index is 14.1. The molecule has 1 radical (unpaired) electrons. The van der Waals surface area contributed by atoms with E-state index in [9.17, 15) is 9.50 Å². The summed E-state index contributed by atoms with van der Waals surface area (Å²) in [5, 5.41) is 14.0. The van der Waals surface area contributed by atoms with E-state index >= 15 is 0 Å². The first-order valence-corrected chi connectivity index (χ1v) is 12.1. The molecule has 5 rings (SSSR count). The molecular weight excluding hydrogens is 463 g/mol. The fourth-order valence-electron chi connectivity index (χ4n) is 4.42. The van der Waals surface area contributed by atoms with Gasteiger partial charge in [0.1, 0.15) is 0 Å². The van der Waals surface area contributed by atoms with Crippen LogP contribution in [0.25, 0.3) is 22.0 Å². The number of nitrogens with zero attached hydrogens (tertiary/aromatic N) is 3. The van der Waals surface area contributed by atoms with Crippen molar-refractivity contribution < 1.29 is 9.50 Å². The Morgan fingerprint density at radius 3 is 2.69 bits per heavy atom. The number of pyridine rings is 1. The van der Waals surface area contributed by atoms with Gasteiger partial charge in [-0.2, -0.15) is 0 Å². The highest BCUT2D eigenvalue weighted by Gasteiger charge is 2.14. The third kappa shape index (κ3) is 5.40. The second-order valence-corrected chi connectivity index (χ2v) is 9.43. The molecule has 0 unspecified atom stereocenters. The molecule has 1 saturated heterocycles. The summed E-state index contributed by atoms with van der Waals surface area (Å²) in [7, 11) is 2.17. The molecule has 0 bridgehead atoms. The summed E-state index contributed by atoms with van der Waals surface area (Å²) in [6.07, 6.45) is 2.65. The SMILES string of the molecule is CN1CCN(CCc2cccc(Nc3[c]cnc4ccc(-c5cc(F)c(O)c(Cl)c5)cc34)c2)CC1. The molecule has 5 nitrogen and oxygen atoms in total. The second kappa shape index (κ2) is 10.2. The zero-order valence-corrected chi connectivity index (χ0v) is 20.3. The van der Waals surface area contributed by atoms with Crippen LogP contribution in [0.15, 0.2) is 60.8 Å². The van der Waals surface area contributed by atoms with E-state index in [4.69, 9.17) is 11.6 Å². The highest BCUT2D eigenvalue weighted by atomic mass is 35.5. The van der Waals surface area contributed by atoms with Gasteiger partial charge in [-0.3, -0.25) is 4.98 Å². The van der Waals surface area contributed by atoms with E-state index in [1.165, 1.54) is 11.6 Å². The molecule has 1 aliphatic rings. The van der Waals surface area contributed by atoms with Crippen molar-refractivity contribution in [3.63, 3.8) is 0 Å². The van der Waals surface area contributed by atoms with Gasteiger partial charge in [0.25, 0.3) is 0 Å². The predicted molar refractivity (Wildman–Crippen MR) is 140 cm³/mol. The van der Waals surface area contributed by atoms with E-state index in [-0.39, 0.29) is 5.02 Å². The number of aromatic nitrogens is 1. The fourth-order valence-corrected chi connectivity index (χ4v) is 4.62. The van der Waals surface area contributed by atoms with Gasteiger partial charge in [-0.1, -0.05) is 29.8 Å². The minimum absolute atomic E-state index is 0.0235. The Morgan fingerprint density at radius 1 is 1.06 bits per heavy atom. The fraction of sp³-hybridized carbons (Fsp3) is 0.250. The number of aromatic hydroxyl groups is 1. The number of phenols is 1. The number of hydrogen-bond acceptors (Lipinski definition) is 5. The summed E-state index contributed by atoms with van der Waals surface area (Å²) < 4.78 is 14.1. The lowest BCUT2D eigenvalue weighted by molar-refractivity contribution is 0.155. The summed E-state index contributed by atoms with van der Waals surface area (Å²) in [4.78, 5) is 9.31. The summed E-state index contributed by atoms with van der Waals surface area (Å²) in [6, 6.07) is 20.2. The molecule has 0 amide bonds. The van der Waals surface area contributed by atoms with Crippen LogP contribution in [-0.2, 0) is 6.42 Å². The monoisotopic (exact) mass is 489 g/mol. The molecule has 2 N–H and O–H groups in total. The molecule has 1 fully saturated rings. The molecular formula is C28H27ClFN4O. The minimum atomic E-state index is -0.753. The first-order valence-electron chi connectivity index (χ1n) is 11.7. The van der Waals surface area contributed by atoms with Crippen molar-refractivity contribution in [3.8, 4) is 16.9 Å². The minimum Gasteiger partial charge on any atom is -0.504 e. The van der Waals surface area contributed by atoms with Crippen molar-refractivity contribution >= 4 is 33.9 Å². The quantitative estimate of drug-likeness (QED) is 0.362. The van der Waals surface area contributed by atoms with E-state index in [1.54, 1.807) is 12.3 Å². The van der Waals surface area contributed by atoms with Crippen molar-refractivity contribution in [2.75, 3.05) is 45.1 Å². The molecule has 3 aromatic carbocycles. The lowest BCUT2D eigenvalue weighted by atomic mass is 10.0. The van der Waals surface area contributed by atoms with Crippen LogP contribution in [-0.4, -0.2) is 59.7 Å². The Morgan fingerprint density at radius 2 is 1.89 bits per heavy atom. The third-order valence-electron chi connectivity index (χ3n) is 6.54. The van der Waals surface area contributed by atoms with Crippen molar-refractivity contribution in [2.45, 2.75) is 6.42 Å². The van der Waals surface area contributed by atoms with Crippen molar-refractivity contribution in [1.29, 1.82) is 0 Å². The number of piperazine rings is 1. The molecule has 0 aliphatic carbocycles. The zero-order valence-electron chi connectivity index (χ0n) is 19.6. The van der Waals surface area contributed by atoms with Crippen molar-refractivity contribution in [1.82, 2.24) is 14.8 Å². The zero-order chi connectivity index (χ0) is 24.4. The van der Waals surface area contributed by atoms with Crippen LogP contribution < -0.4 is 5.32 Å². The number of nitrogens with one attached hydrogen (secondary N) is 1. The van der Waals surface area contributed by atoms with E-state index in [2.05, 4.69) is 51.4 Å². The van der Waals surface area contributed by atoms with Gasteiger partial charge in [0.15, 0.2) is 11.6 Å². The van der Waals surface area contributed by atoms with Gasteiger partial charge in [0.05, 0.1) is 16.2 Å². The number of benzene rings is 3. The molecule has 0 saturated carbocycles. The van der Waals surface area contributed by atoms with Crippen LogP contribution >= 0.6 is 11.6 Å². The number of hydrogen-bond donors (Lipinski definition) is 2. The summed E-state index contributed by atoms with van der Waals surface area (Å²) in [6.45, 7) is 5.53. The van der Waals surface area contributed by atoms with Crippen LogP contribution in [0, 0.1) is 11.9 Å². The number of rotatable bonds is 6. The molecule has 35 heavy (non-hydrogen) atoms. The molecule has 179 valence electrons. The lowest BCUT2D eigenvalue weighted by Crippen LogP contribution is -2.45. The standard InChI is InChI=1S/C28H27ClFN4O/c1-33-11-13-34(14-12-33)10-8-19-3-2-4-22(15-19)32-27-7-9-31-26-6-5-20(16-23(26)27)21-17-24(29)28(35)25(30)18-21/h2-6,9,15-18,35H,8,10-14H2,1H3,(H,31,32).